The van der Waals surface area contributed by atoms with Crippen LogP contribution in [0.15, 0.2) is 12.1 Å². The highest BCUT2D eigenvalue weighted by molar-refractivity contribution is 5.42. The first-order valence-electron chi connectivity index (χ1n) is 5.52. The Kier molecular flexibility index (Phi) is 2.91. The van der Waals surface area contributed by atoms with Gasteiger partial charge in [-0.1, -0.05) is 6.07 Å². The maximum absolute atomic E-state index is 9.06. The van der Waals surface area contributed by atoms with Gasteiger partial charge in [0.05, 0.1) is 6.61 Å². The molecule has 1 fully saturated rings. The van der Waals surface area contributed by atoms with Crippen molar-refractivity contribution in [3.8, 4) is 0 Å². The van der Waals surface area contributed by atoms with E-state index in [-0.39, 0.29) is 6.61 Å². The second-order valence-electron chi connectivity index (χ2n) is 4.27. The zero-order valence-corrected chi connectivity index (χ0v) is 9.40. The molecule has 0 bridgehead atoms. The van der Waals surface area contributed by atoms with Gasteiger partial charge in [0.15, 0.2) is 0 Å². The van der Waals surface area contributed by atoms with E-state index in [1.165, 1.54) is 19.3 Å². The van der Waals surface area contributed by atoms with Crippen molar-refractivity contribution in [1.82, 2.24) is 4.98 Å². The minimum atomic E-state index is 0.0757. The van der Waals surface area contributed by atoms with Gasteiger partial charge >= 0.3 is 0 Å². The first-order chi connectivity index (χ1) is 7.22. The molecule has 0 aromatic carbocycles. The predicted molar refractivity (Wildman–Crippen MR) is 60.9 cm³/mol. The van der Waals surface area contributed by atoms with Gasteiger partial charge in [0.1, 0.15) is 5.82 Å². The van der Waals surface area contributed by atoms with Gasteiger partial charge < -0.3 is 10.0 Å². The van der Waals surface area contributed by atoms with Crippen molar-refractivity contribution in [1.29, 1.82) is 0 Å². The van der Waals surface area contributed by atoms with Gasteiger partial charge in [-0.3, -0.25) is 0 Å². The Morgan fingerprint density at radius 1 is 1.47 bits per heavy atom. The van der Waals surface area contributed by atoms with Crippen molar-refractivity contribution in [2.75, 3.05) is 11.9 Å². The fraction of sp³-hybridized carbons (Fsp3) is 0.583. The maximum atomic E-state index is 9.06. The Hall–Kier alpha value is -1.09. The van der Waals surface area contributed by atoms with Crippen molar-refractivity contribution in [2.24, 2.45) is 0 Å². The molecule has 0 amide bonds. The lowest BCUT2D eigenvalue weighted by molar-refractivity contribution is 0.280. The first-order valence-corrected chi connectivity index (χ1v) is 5.52. The molecule has 3 nitrogen and oxygen atoms in total. The third-order valence-electron chi connectivity index (χ3n) is 3.33. The number of aromatic nitrogens is 1. The Bertz CT molecular complexity index is 347. The highest BCUT2D eigenvalue weighted by atomic mass is 16.3. The minimum absolute atomic E-state index is 0.0757. The molecule has 82 valence electrons. The summed E-state index contributed by atoms with van der Waals surface area (Å²) in [6.45, 7) is 2.02. The number of rotatable bonds is 3. The Morgan fingerprint density at radius 2 is 2.20 bits per heavy atom. The zero-order valence-electron chi connectivity index (χ0n) is 9.40. The molecule has 1 aromatic heterocycles. The van der Waals surface area contributed by atoms with Crippen LogP contribution in [0.5, 0.6) is 0 Å². The summed E-state index contributed by atoms with van der Waals surface area (Å²) < 4.78 is 0. The second-order valence-corrected chi connectivity index (χ2v) is 4.27. The number of hydrogen-bond acceptors (Lipinski definition) is 3. The largest absolute Gasteiger partial charge is 0.392 e. The third-order valence-corrected chi connectivity index (χ3v) is 3.33. The van der Waals surface area contributed by atoms with Crippen LogP contribution in [0.4, 0.5) is 5.82 Å². The smallest absolute Gasteiger partial charge is 0.128 e. The van der Waals surface area contributed by atoms with Gasteiger partial charge in [-0.2, -0.15) is 0 Å². The molecule has 0 radical (unpaired) electrons. The number of pyridine rings is 1. The summed E-state index contributed by atoms with van der Waals surface area (Å²) in [6, 6.07) is 4.63. The number of anilines is 1. The van der Waals surface area contributed by atoms with Crippen LogP contribution in [-0.4, -0.2) is 23.2 Å². The molecule has 2 rings (SSSR count). The molecule has 15 heavy (non-hydrogen) atoms. The van der Waals surface area contributed by atoms with Crippen molar-refractivity contribution in [3.63, 3.8) is 0 Å². The quantitative estimate of drug-likeness (QED) is 0.820. The topological polar surface area (TPSA) is 36.4 Å². The number of aryl methyl sites for hydroxylation is 1. The summed E-state index contributed by atoms with van der Waals surface area (Å²) in [5, 5.41) is 9.06. The summed E-state index contributed by atoms with van der Waals surface area (Å²) in [4.78, 5) is 6.76. The standard InChI is InChI=1S/C12H18N2O/c1-9-10(8-15)6-7-12(13-9)14(2)11-4-3-5-11/h6-7,11,15H,3-5,8H2,1-2H3. The van der Waals surface area contributed by atoms with Crippen LogP contribution in [0.3, 0.4) is 0 Å². The van der Waals surface area contributed by atoms with Crippen LogP contribution in [0.1, 0.15) is 30.5 Å². The lowest BCUT2D eigenvalue weighted by Gasteiger charge is -2.35. The van der Waals surface area contributed by atoms with Crippen molar-refractivity contribution < 1.29 is 5.11 Å². The monoisotopic (exact) mass is 206 g/mol. The fourth-order valence-corrected chi connectivity index (χ4v) is 1.90. The van der Waals surface area contributed by atoms with Crippen LogP contribution in [-0.2, 0) is 6.61 Å². The maximum Gasteiger partial charge on any atom is 0.128 e. The van der Waals surface area contributed by atoms with Crippen LogP contribution in [0.25, 0.3) is 0 Å². The third kappa shape index (κ3) is 1.97. The minimum Gasteiger partial charge on any atom is -0.392 e. The summed E-state index contributed by atoms with van der Waals surface area (Å²) in [6.07, 6.45) is 3.89. The molecule has 0 spiro atoms. The summed E-state index contributed by atoms with van der Waals surface area (Å²) in [5.74, 6) is 1.02. The molecule has 1 aliphatic rings. The zero-order chi connectivity index (χ0) is 10.8. The van der Waals surface area contributed by atoms with E-state index < -0.39 is 0 Å². The van der Waals surface area contributed by atoms with E-state index in [4.69, 9.17) is 5.11 Å². The molecule has 0 saturated heterocycles. The fourth-order valence-electron chi connectivity index (χ4n) is 1.90. The van der Waals surface area contributed by atoms with E-state index in [1.807, 2.05) is 19.1 Å². The molecular formula is C12H18N2O. The first kappa shape index (κ1) is 10.4. The number of hydrogen-bond donors (Lipinski definition) is 1. The Labute approximate surface area is 90.8 Å². The molecule has 1 aliphatic carbocycles. The van der Waals surface area contributed by atoms with Crippen molar-refractivity contribution in [3.05, 3.63) is 23.4 Å². The van der Waals surface area contributed by atoms with Crippen LogP contribution >= 0.6 is 0 Å². The molecule has 0 unspecified atom stereocenters. The molecular weight excluding hydrogens is 188 g/mol. The Morgan fingerprint density at radius 3 is 2.67 bits per heavy atom. The van der Waals surface area contributed by atoms with Gasteiger partial charge in [-0.05, 0) is 37.8 Å². The SMILES string of the molecule is Cc1nc(N(C)C2CCC2)ccc1CO. The molecule has 0 aliphatic heterocycles. The van der Waals surface area contributed by atoms with Crippen LogP contribution in [0, 0.1) is 6.92 Å². The lowest BCUT2D eigenvalue weighted by Crippen LogP contribution is -2.37. The van der Waals surface area contributed by atoms with E-state index >= 15 is 0 Å². The van der Waals surface area contributed by atoms with Gasteiger partial charge in [0, 0.05) is 18.8 Å². The van der Waals surface area contributed by atoms with Gasteiger partial charge in [0.2, 0.25) is 0 Å². The van der Waals surface area contributed by atoms with E-state index in [1.54, 1.807) is 0 Å². The highest BCUT2D eigenvalue weighted by Gasteiger charge is 2.23. The second kappa shape index (κ2) is 4.19. The lowest BCUT2D eigenvalue weighted by atomic mass is 9.92. The number of aliphatic hydroxyl groups excluding tert-OH is 1. The molecule has 1 saturated carbocycles. The molecule has 1 N–H and O–H groups in total. The van der Waals surface area contributed by atoms with Gasteiger partial charge in [-0.25, -0.2) is 4.98 Å². The average molecular weight is 206 g/mol. The number of nitrogens with zero attached hydrogens (tertiary/aromatic N) is 2. The Balaban J connectivity index is 2.17. The van der Waals surface area contributed by atoms with Crippen molar-refractivity contribution >= 4 is 5.82 Å². The molecule has 0 atom stereocenters. The summed E-state index contributed by atoms with van der Waals surface area (Å²) >= 11 is 0. The van der Waals surface area contributed by atoms with E-state index in [0.717, 1.165) is 17.1 Å². The van der Waals surface area contributed by atoms with E-state index in [2.05, 4.69) is 16.9 Å². The van der Waals surface area contributed by atoms with Gasteiger partial charge in [0.25, 0.3) is 0 Å². The van der Waals surface area contributed by atoms with Crippen LogP contribution in [0.2, 0.25) is 0 Å². The molecule has 1 heterocycles. The summed E-state index contributed by atoms with van der Waals surface area (Å²) in [7, 11) is 2.10. The van der Waals surface area contributed by atoms with Gasteiger partial charge in [-0.15, -0.1) is 0 Å². The van der Waals surface area contributed by atoms with Crippen LogP contribution < -0.4 is 4.90 Å². The average Bonchev–Trinajstić information content (AvgIpc) is 2.15. The highest BCUT2D eigenvalue weighted by Crippen LogP contribution is 2.27. The number of aliphatic hydroxyl groups is 1. The predicted octanol–water partition coefficient (Wildman–Crippen LogP) is 1.87. The molecule has 3 heteroatoms. The summed E-state index contributed by atoms with van der Waals surface area (Å²) in [5.41, 5.74) is 1.85. The van der Waals surface area contributed by atoms with E-state index in [9.17, 15) is 0 Å². The normalized spacial score (nSPS) is 16.2. The molecule has 1 aromatic rings. The van der Waals surface area contributed by atoms with Crippen molar-refractivity contribution in [2.45, 2.75) is 38.8 Å². The van der Waals surface area contributed by atoms with E-state index in [0.29, 0.717) is 6.04 Å².